The predicted octanol–water partition coefficient (Wildman–Crippen LogP) is 13.0. The Bertz CT molecular complexity index is 1060. The highest BCUT2D eigenvalue weighted by Crippen LogP contribution is 2.61. The molecule has 6 aliphatic carbocycles. The minimum Gasteiger partial charge on any atom is -0.0710 e. The van der Waals surface area contributed by atoms with Crippen LogP contribution in [0.2, 0.25) is 0 Å². The van der Waals surface area contributed by atoms with Crippen LogP contribution in [0.1, 0.15) is 132 Å². The Morgan fingerprint density at radius 3 is 0.864 bits per heavy atom. The molecule has 0 heterocycles. The molecule has 0 aromatic carbocycles. The fraction of sp³-hybridized carbons (Fsp3) is 0.864. The molecule has 14 atom stereocenters. The van der Waals surface area contributed by atoms with Crippen molar-refractivity contribution in [2.45, 2.75) is 132 Å². The fourth-order valence-electron chi connectivity index (χ4n) is 13.1. The van der Waals surface area contributed by atoms with Gasteiger partial charge in [0.25, 0.3) is 0 Å². The number of allylic oxidation sites excluding steroid dienone is 6. The van der Waals surface area contributed by atoms with E-state index in [0.717, 1.165) is 112 Å². The summed E-state index contributed by atoms with van der Waals surface area (Å²) in [6.45, 7) is 46.1. The molecule has 44 heavy (non-hydrogen) atoms. The monoisotopic (exact) mass is 605 g/mol. The molecule has 0 heteroatoms. The summed E-state index contributed by atoms with van der Waals surface area (Å²) in [4.78, 5) is 0. The van der Waals surface area contributed by atoms with E-state index >= 15 is 0 Å². The molecule has 0 radical (unpaired) electrons. The number of rotatable bonds is 0. The SMILES string of the molecule is CC1=C(C)C2C(C)C(C)C(C)C2C(C)=C1C.CC1=C(C)C2C(C)C(C)C(C)C2C1C.CC1C(C)C2C(C)C(C)C(C)C2C1C. The second-order valence-electron chi connectivity index (χ2n) is 18.4. The lowest BCUT2D eigenvalue weighted by Gasteiger charge is -2.34. The van der Waals surface area contributed by atoms with Crippen molar-refractivity contribution < 1.29 is 0 Å². The van der Waals surface area contributed by atoms with Crippen molar-refractivity contribution in [1.82, 2.24) is 0 Å². The Balaban J connectivity index is 0.000000151. The summed E-state index contributed by atoms with van der Waals surface area (Å²) in [6, 6.07) is 0. The topological polar surface area (TPSA) is 0 Å². The van der Waals surface area contributed by atoms with Crippen LogP contribution < -0.4 is 0 Å². The van der Waals surface area contributed by atoms with Gasteiger partial charge in [0.05, 0.1) is 0 Å². The largest absolute Gasteiger partial charge is 0.0710 e. The molecule has 4 saturated carbocycles. The number of fused-ring (bicyclic) bond motifs is 3. The average molecular weight is 605 g/mol. The first-order chi connectivity index (χ1) is 20.3. The van der Waals surface area contributed by atoms with Crippen molar-refractivity contribution in [3.8, 4) is 0 Å². The van der Waals surface area contributed by atoms with E-state index in [1.807, 2.05) is 0 Å². The van der Waals surface area contributed by atoms with Gasteiger partial charge >= 0.3 is 0 Å². The standard InChI is InChI=1S/C16H26.C14H26.C14H24/c1-8-9(2)12(5)16-14(7)10(3)13(6)15(16)11(8)4;2*1-7-9(3)13-11(5)8(2)12(6)14(13)10(7)4/h10,13-16H,1-7H3;7-14H,1-6H3;7,9-11,13-14H,1-6H3. The zero-order valence-corrected chi connectivity index (χ0v) is 33.0. The molecule has 0 bridgehead atoms. The molecule has 4 fully saturated rings. The summed E-state index contributed by atoms with van der Waals surface area (Å²) >= 11 is 0. The summed E-state index contributed by atoms with van der Waals surface area (Å²) in [6.07, 6.45) is 0. The Morgan fingerprint density at radius 2 is 0.523 bits per heavy atom. The predicted molar refractivity (Wildman–Crippen MR) is 195 cm³/mol. The van der Waals surface area contributed by atoms with Crippen LogP contribution >= 0.6 is 0 Å². The van der Waals surface area contributed by atoms with Crippen molar-refractivity contribution in [3.63, 3.8) is 0 Å². The molecular weight excluding hydrogens is 528 g/mol. The molecule has 0 spiro atoms. The zero-order valence-electron chi connectivity index (χ0n) is 33.0. The van der Waals surface area contributed by atoms with Gasteiger partial charge in [0.15, 0.2) is 0 Å². The molecule has 0 aliphatic heterocycles. The maximum Gasteiger partial charge on any atom is -0.0103 e. The Morgan fingerprint density at radius 1 is 0.250 bits per heavy atom. The van der Waals surface area contributed by atoms with Crippen LogP contribution in [0.25, 0.3) is 0 Å². The van der Waals surface area contributed by atoms with E-state index in [4.69, 9.17) is 0 Å². The average Bonchev–Trinajstić information content (AvgIpc) is 3.62. The molecule has 0 saturated heterocycles. The van der Waals surface area contributed by atoms with Gasteiger partial charge in [-0.3, -0.25) is 0 Å². The number of hydrogen-bond acceptors (Lipinski definition) is 0. The Labute approximate surface area is 276 Å². The van der Waals surface area contributed by atoms with Gasteiger partial charge < -0.3 is 0 Å². The quantitative estimate of drug-likeness (QED) is 0.241. The van der Waals surface area contributed by atoms with Gasteiger partial charge in [-0.25, -0.2) is 0 Å². The zero-order chi connectivity index (χ0) is 33.4. The van der Waals surface area contributed by atoms with Gasteiger partial charge in [0.2, 0.25) is 0 Å². The van der Waals surface area contributed by atoms with Crippen LogP contribution in [-0.2, 0) is 0 Å². The van der Waals surface area contributed by atoms with E-state index < -0.39 is 0 Å². The van der Waals surface area contributed by atoms with E-state index in [1.54, 1.807) is 33.4 Å². The summed E-state index contributed by atoms with van der Waals surface area (Å²) < 4.78 is 0. The van der Waals surface area contributed by atoms with Crippen LogP contribution in [0.15, 0.2) is 33.4 Å². The maximum atomic E-state index is 2.49. The first kappa shape index (κ1) is 36.1. The first-order valence-corrected chi connectivity index (χ1v) is 19.3. The molecule has 0 aromatic rings. The van der Waals surface area contributed by atoms with Gasteiger partial charge in [-0.15, -0.1) is 0 Å². The van der Waals surface area contributed by atoms with Crippen molar-refractivity contribution in [1.29, 1.82) is 0 Å². The molecular formula is C44H76. The van der Waals surface area contributed by atoms with Crippen molar-refractivity contribution in [2.75, 3.05) is 0 Å². The fourth-order valence-corrected chi connectivity index (χ4v) is 13.1. The molecule has 6 rings (SSSR count). The van der Waals surface area contributed by atoms with Gasteiger partial charge in [0, 0.05) is 0 Å². The number of hydrogen-bond donors (Lipinski definition) is 0. The summed E-state index contributed by atoms with van der Waals surface area (Å²) in [5.41, 5.74) is 9.85. The van der Waals surface area contributed by atoms with Crippen molar-refractivity contribution in [2.24, 2.45) is 112 Å². The highest BCUT2D eigenvalue weighted by Gasteiger charge is 2.55. The summed E-state index contributed by atoms with van der Waals surface area (Å²) in [5, 5.41) is 0. The normalized spacial score (nSPS) is 52.8. The second kappa shape index (κ2) is 13.0. The Kier molecular flexibility index (Phi) is 10.7. The second-order valence-corrected chi connectivity index (χ2v) is 18.4. The van der Waals surface area contributed by atoms with E-state index in [2.05, 4.69) is 132 Å². The molecule has 0 amide bonds. The van der Waals surface area contributed by atoms with E-state index in [-0.39, 0.29) is 0 Å². The summed E-state index contributed by atoms with van der Waals surface area (Å²) in [7, 11) is 0. The van der Waals surface area contributed by atoms with Crippen LogP contribution in [-0.4, -0.2) is 0 Å². The molecule has 14 unspecified atom stereocenters. The van der Waals surface area contributed by atoms with Crippen LogP contribution in [0.4, 0.5) is 0 Å². The van der Waals surface area contributed by atoms with Crippen LogP contribution in [0.3, 0.4) is 0 Å². The minimum atomic E-state index is 0.814. The smallest absolute Gasteiger partial charge is 0.0103 e. The Hall–Kier alpha value is -0.780. The third-order valence-electron chi connectivity index (χ3n) is 17.7. The van der Waals surface area contributed by atoms with Gasteiger partial charge in [-0.1, -0.05) is 112 Å². The first-order valence-electron chi connectivity index (χ1n) is 19.3. The molecule has 0 N–H and O–H groups in total. The lowest BCUT2D eigenvalue weighted by molar-refractivity contribution is 0.233. The van der Waals surface area contributed by atoms with E-state index in [0.29, 0.717) is 0 Å². The summed E-state index contributed by atoms with van der Waals surface area (Å²) in [5.74, 6) is 17.3. The maximum absolute atomic E-state index is 2.49. The van der Waals surface area contributed by atoms with Crippen molar-refractivity contribution >= 4 is 0 Å². The van der Waals surface area contributed by atoms with Gasteiger partial charge in [-0.05, 0) is 165 Å². The highest BCUT2D eigenvalue weighted by atomic mass is 14.6. The molecule has 252 valence electrons. The lowest BCUT2D eigenvalue weighted by Crippen LogP contribution is -2.24. The van der Waals surface area contributed by atoms with Gasteiger partial charge in [-0.2, -0.15) is 0 Å². The lowest BCUT2D eigenvalue weighted by atomic mass is 9.71. The molecule has 6 aliphatic rings. The van der Waals surface area contributed by atoms with E-state index in [9.17, 15) is 0 Å². The molecule has 0 aromatic heterocycles. The van der Waals surface area contributed by atoms with E-state index in [1.165, 1.54) is 0 Å². The van der Waals surface area contributed by atoms with Gasteiger partial charge in [0.1, 0.15) is 0 Å². The van der Waals surface area contributed by atoms with Crippen molar-refractivity contribution in [3.05, 3.63) is 33.4 Å². The highest BCUT2D eigenvalue weighted by molar-refractivity contribution is 5.43. The minimum absolute atomic E-state index is 0.814. The van der Waals surface area contributed by atoms with Crippen LogP contribution in [0, 0.1) is 112 Å². The van der Waals surface area contributed by atoms with Crippen LogP contribution in [0.5, 0.6) is 0 Å². The third kappa shape index (κ3) is 5.39. The molecule has 0 nitrogen and oxygen atoms in total. The third-order valence-corrected chi connectivity index (χ3v) is 17.7.